The van der Waals surface area contributed by atoms with Crippen LogP contribution in [-0.4, -0.2) is 5.91 Å². The zero-order valence-electron chi connectivity index (χ0n) is 13.0. The van der Waals surface area contributed by atoms with E-state index in [1.54, 1.807) is 0 Å². The molecule has 0 fully saturated rings. The van der Waals surface area contributed by atoms with Crippen molar-refractivity contribution >= 4 is 27.4 Å². The van der Waals surface area contributed by atoms with Crippen molar-refractivity contribution in [1.82, 2.24) is 5.32 Å². The largest absolute Gasteiger partial charge is 0.325 e. The number of fused-ring (bicyclic) bond motifs is 3. The van der Waals surface area contributed by atoms with Crippen molar-refractivity contribution in [2.45, 2.75) is 26.2 Å². The number of rotatable bonds is 0. The van der Waals surface area contributed by atoms with E-state index in [4.69, 9.17) is 0 Å². The first kappa shape index (κ1) is 14.7. The van der Waals surface area contributed by atoms with E-state index in [0.29, 0.717) is 5.92 Å². The van der Waals surface area contributed by atoms with Crippen LogP contribution in [-0.2, 0) is 12.8 Å². The number of carbonyl (C=O) groups excluding carboxylic acids is 1. The van der Waals surface area contributed by atoms with Gasteiger partial charge in [0.2, 0.25) is 0 Å². The third-order valence-corrected chi connectivity index (χ3v) is 5.52. The lowest BCUT2D eigenvalue weighted by Crippen LogP contribution is -2.25. The van der Waals surface area contributed by atoms with Gasteiger partial charge in [-0.05, 0) is 66.6 Å². The number of halogens is 1. The summed E-state index contributed by atoms with van der Waals surface area (Å²) in [7, 11) is 0. The molecular formula is C20H18BrNO. The van der Waals surface area contributed by atoms with E-state index < -0.39 is 0 Å². The number of hydrogen-bond acceptors (Lipinski definition) is 1. The molecule has 1 atom stereocenters. The molecule has 1 N–H and O–H groups in total. The number of nitrogens with one attached hydrogen (secondary N) is 1. The first-order chi connectivity index (χ1) is 11.1. The van der Waals surface area contributed by atoms with Gasteiger partial charge in [-0.3, -0.25) is 4.79 Å². The minimum atomic E-state index is 0.0259. The van der Waals surface area contributed by atoms with E-state index in [-0.39, 0.29) is 5.91 Å². The van der Waals surface area contributed by atoms with Gasteiger partial charge in [-0.25, -0.2) is 0 Å². The standard InChI is InChI=1S/C20H18BrNO/c1-12-17-9-8-16(21)11-14(17)6-7-15-10-13-4-2-3-5-18(13)20(23)22-19(12)15/h2-5,8-9,11,15H,6-7,10H2,1H3,(H,22,23). The lowest BCUT2D eigenvalue weighted by atomic mass is 9.91. The highest BCUT2D eigenvalue weighted by atomic mass is 79.9. The summed E-state index contributed by atoms with van der Waals surface area (Å²) >= 11 is 3.57. The molecule has 2 aliphatic rings. The Morgan fingerprint density at radius 3 is 2.78 bits per heavy atom. The van der Waals surface area contributed by atoms with Gasteiger partial charge in [-0.1, -0.05) is 40.2 Å². The second-order valence-electron chi connectivity index (χ2n) is 6.39. The van der Waals surface area contributed by atoms with Crippen molar-refractivity contribution in [2.75, 3.05) is 0 Å². The van der Waals surface area contributed by atoms with Gasteiger partial charge in [0.25, 0.3) is 5.91 Å². The maximum absolute atomic E-state index is 12.6. The van der Waals surface area contributed by atoms with Gasteiger partial charge in [-0.2, -0.15) is 0 Å². The number of carbonyl (C=O) groups is 1. The molecular weight excluding hydrogens is 350 g/mol. The summed E-state index contributed by atoms with van der Waals surface area (Å²) in [6, 6.07) is 14.4. The second-order valence-corrected chi connectivity index (χ2v) is 7.31. The van der Waals surface area contributed by atoms with Crippen molar-refractivity contribution in [1.29, 1.82) is 0 Å². The van der Waals surface area contributed by atoms with E-state index in [9.17, 15) is 4.79 Å². The maximum atomic E-state index is 12.6. The molecule has 1 heterocycles. The molecule has 2 aromatic carbocycles. The first-order valence-electron chi connectivity index (χ1n) is 8.02. The fraction of sp³-hybridized carbons (Fsp3) is 0.250. The average molecular weight is 368 g/mol. The van der Waals surface area contributed by atoms with Gasteiger partial charge >= 0.3 is 0 Å². The van der Waals surface area contributed by atoms with E-state index in [1.807, 2.05) is 18.2 Å². The first-order valence-corrected chi connectivity index (χ1v) is 8.81. The molecule has 0 radical (unpaired) electrons. The molecule has 1 aliphatic heterocycles. The Kier molecular flexibility index (Phi) is 3.61. The molecule has 1 amide bonds. The van der Waals surface area contributed by atoms with E-state index in [1.165, 1.54) is 16.7 Å². The van der Waals surface area contributed by atoms with Crippen LogP contribution in [0.25, 0.3) is 5.57 Å². The molecule has 0 spiro atoms. The fourth-order valence-corrected chi connectivity index (χ4v) is 4.24. The Balaban J connectivity index is 1.85. The normalized spacial score (nSPS) is 19.9. The van der Waals surface area contributed by atoms with Gasteiger partial charge in [0, 0.05) is 21.7 Å². The van der Waals surface area contributed by atoms with Crippen LogP contribution in [0.5, 0.6) is 0 Å². The molecule has 2 aromatic rings. The summed E-state index contributed by atoms with van der Waals surface area (Å²) in [5.41, 5.74) is 6.90. The number of hydrogen-bond donors (Lipinski definition) is 1. The molecule has 3 heteroatoms. The Labute approximate surface area is 144 Å². The molecule has 116 valence electrons. The van der Waals surface area contributed by atoms with Crippen molar-refractivity contribution in [2.24, 2.45) is 5.92 Å². The fourth-order valence-electron chi connectivity index (χ4n) is 3.84. The zero-order valence-corrected chi connectivity index (χ0v) is 14.6. The van der Waals surface area contributed by atoms with Crippen LogP contribution in [0.1, 0.15) is 40.4 Å². The predicted molar refractivity (Wildman–Crippen MR) is 96.2 cm³/mol. The minimum Gasteiger partial charge on any atom is -0.325 e. The van der Waals surface area contributed by atoms with Crippen molar-refractivity contribution < 1.29 is 4.79 Å². The lowest BCUT2D eigenvalue weighted by Gasteiger charge is -2.18. The van der Waals surface area contributed by atoms with E-state index in [0.717, 1.165) is 40.6 Å². The quantitative estimate of drug-likeness (QED) is 0.716. The Morgan fingerprint density at radius 2 is 1.91 bits per heavy atom. The molecule has 0 aromatic heterocycles. The van der Waals surface area contributed by atoms with Gasteiger partial charge in [0.05, 0.1) is 0 Å². The highest BCUT2D eigenvalue weighted by Gasteiger charge is 2.29. The summed E-state index contributed by atoms with van der Waals surface area (Å²) in [5, 5.41) is 3.21. The van der Waals surface area contributed by atoms with Crippen molar-refractivity contribution in [3.8, 4) is 0 Å². The average Bonchev–Trinajstić information content (AvgIpc) is 2.76. The van der Waals surface area contributed by atoms with Crippen LogP contribution in [0.2, 0.25) is 0 Å². The Bertz CT molecular complexity index is 837. The van der Waals surface area contributed by atoms with Crippen LogP contribution in [0.4, 0.5) is 0 Å². The van der Waals surface area contributed by atoms with Crippen LogP contribution in [0, 0.1) is 5.92 Å². The van der Waals surface area contributed by atoms with Gasteiger partial charge in [-0.15, -0.1) is 0 Å². The highest BCUT2D eigenvalue weighted by Crippen LogP contribution is 2.37. The summed E-state index contributed by atoms with van der Waals surface area (Å²) in [4.78, 5) is 12.6. The highest BCUT2D eigenvalue weighted by molar-refractivity contribution is 9.10. The topological polar surface area (TPSA) is 29.1 Å². The van der Waals surface area contributed by atoms with Gasteiger partial charge in [0.15, 0.2) is 0 Å². The molecule has 1 unspecified atom stereocenters. The Morgan fingerprint density at radius 1 is 1.09 bits per heavy atom. The van der Waals surface area contributed by atoms with E-state index in [2.05, 4.69) is 52.4 Å². The summed E-state index contributed by atoms with van der Waals surface area (Å²) in [6.07, 6.45) is 3.03. The number of amides is 1. The summed E-state index contributed by atoms with van der Waals surface area (Å²) in [5.74, 6) is 0.395. The monoisotopic (exact) mass is 367 g/mol. The molecule has 4 rings (SSSR count). The molecule has 0 saturated carbocycles. The molecule has 23 heavy (non-hydrogen) atoms. The molecule has 0 bridgehead atoms. The third kappa shape index (κ3) is 2.53. The predicted octanol–water partition coefficient (Wildman–Crippen LogP) is 4.73. The smallest absolute Gasteiger partial charge is 0.255 e. The summed E-state index contributed by atoms with van der Waals surface area (Å²) in [6.45, 7) is 2.14. The van der Waals surface area contributed by atoms with E-state index >= 15 is 0 Å². The second kappa shape index (κ2) is 5.64. The lowest BCUT2D eigenvalue weighted by molar-refractivity contribution is 0.0964. The van der Waals surface area contributed by atoms with Crippen LogP contribution in [0.15, 0.2) is 52.6 Å². The SMILES string of the molecule is CC1=C2NC(=O)c3ccccc3CC2CCc2cc(Br)ccc21. The zero-order chi connectivity index (χ0) is 16.0. The van der Waals surface area contributed by atoms with Crippen molar-refractivity contribution in [3.05, 3.63) is 74.9 Å². The van der Waals surface area contributed by atoms with Crippen LogP contribution in [0.3, 0.4) is 0 Å². The van der Waals surface area contributed by atoms with Crippen LogP contribution < -0.4 is 5.32 Å². The van der Waals surface area contributed by atoms with Crippen LogP contribution >= 0.6 is 15.9 Å². The molecule has 0 saturated heterocycles. The molecule has 1 aliphatic carbocycles. The third-order valence-electron chi connectivity index (χ3n) is 5.02. The van der Waals surface area contributed by atoms with Gasteiger partial charge < -0.3 is 5.32 Å². The maximum Gasteiger partial charge on any atom is 0.255 e. The number of allylic oxidation sites excluding steroid dienone is 2. The Hall–Kier alpha value is -1.87. The molecule has 2 nitrogen and oxygen atoms in total. The summed E-state index contributed by atoms with van der Waals surface area (Å²) < 4.78 is 1.12. The number of benzene rings is 2. The minimum absolute atomic E-state index is 0.0259. The number of aryl methyl sites for hydroxylation is 1. The van der Waals surface area contributed by atoms with Gasteiger partial charge in [0.1, 0.15) is 0 Å². The van der Waals surface area contributed by atoms with Crippen molar-refractivity contribution in [3.63, 3.8) is 0 Å².